The van der Waals surface area contributed by atoms with Crippen LogP contribution in [0.15, 0.2) is 49.1 Å². The van der Waals surface area contributed by atoms with Gasteiger partial charge in [-0.3, -0.25) is 9.38 Å². The number of aromatic nitrogens is 4. The minimum Gasteiger partial charge on any atom is -0.476 e. The number of hydrogen-bond acceptors (Lipinski definition) is 6. The monoisotopic (exact) mass is 348 g/mol. The molecule has 0 aliphatic heterocycles. The Morgan fingerprint density at radius 2 is 1.96 bits per heavy atom. The van der Waals surface area contributed by atoms with Gasteiger partial charge in [-0.05, 0) is 30.3 Å². The summed E-state index contributed by atoms with van der Waals surface area (Å²) in [6, 6.07) is 9.71. The molecular formula is C18H16N6O2. The highest BCUT2D eigenvalue weighted by atomic mass is 16.4. The van der Waals surface area contributed by atoms with Crippen LogP contribution in [0.2, 0.25) is 0 Å². The number of anilines is 3. The van der Waals surface area contributed by atoms with Crippen molar-refractivity contribution >= 4 is 39.7 Å². The second-order valence-electron chi connectivity index (χ2n) is 6.01. The predicted molar refractivity (Wildman–Crippen MR) is 99.3 cm³/mol. The quantitative estimate of drug-likeness (QED) is 0.585. The van der Waals surface area contributed by atoms with E-state index in [-0.39, 0.29) is 11.3 Å². The van der Waals surface area contributed by atoms with Gasteiger partial charge in [-0.25, -0.2) is 14.8 Å². The third kappa shape index (κ3) is 2.57. The fraction of sp³-hybridized carbons (Fsp3) is 0.111. The number of fused-ring (bicyclic) bond motifs is 3. The lowest BCUT2D eigenvalue weighted by Crippen LogP contribution is -2.08. The molecule has 0 radical (unpaired) electrons. The molecule has 0 spiro atoms. The van der Waals surface area contributed by atoms with Crippen LogP contribution in [0.25, 0.3) is 16.6 Å². The number of nitrogens with zero attached hydrogens (tertiary/aromatic N) is 5. The number of carboxylic acid groups (broad SMARTS) is 1. The molecule has 0 saturated heterocycles. The Kier molecular flexibility index (Phi) is 3.65. The smallest absolute Gasteiger partial charge is 0.358 e. The summed E-state index contributed by atoms with van der Waals surface area (Å²) >= 11 is 0. The summed E-state index contributed by atoms with van der Waals surface area (Å²) in [6.45, 7) is 0. The maximum absolute atomic E-state index is 11.4. The third-order valence-electron chi connectivity index (χ3n) is 4.12. The van der Waals surface area contributed by atoms with Gasteiger partial charge in [-0.2, -0.15) is 0 Å². The lowest BCUT2D eigenvalue weighted by atomic mass is 10.2. The molecule has 1 aromatic carbocycles. The van der Waals surface area contributed by atoms with Crippen LogP contribution >= 0.6 is 0 Å². The number of nitrogens with one attached hydrogen (secondary N) is 1. The van der Waals surface area contributed by atoms with Crippen LogP contribution in [0.4, 0.5) is 17.2 Å². The summed E-state index contributed by atoms with van der Waals surface area (Å²) in [5.41, 5.74) is 2.83. The molecule has 26 heavy (non-hydrogen) atoms. The van der Waals surface area contributed by atoms with E-state index < -0.39 is 5.97 Å². The molecule has 0 aliphatic carbocycles. The number of aromatic carboxylic acids is 1. The van der Waals surface area contributed by atoms with Crippen molar-refractivity contribution in [3.05, 3.63) is 54.7 Å². The van der Waals surface area contributed by atoms with E-state index in [1.54, 1.807) is 16.8 Å². The number of rotatable bonds is 4. The highest BCUT2D eigenvalue weighted by Crippen LogP contribution is 2.27. The average molecular weight is 348 g/mol. The first-order valence-electron chi connectivity index (χ1n) is 7.93. The molecule has 2 N–H and O–H groups in total. The van der Waals surface area contributed by atoms with Gasteiger partial charge in [0.2, 0.25) is 0 Å². The van der Waals surface area contributed by atoms with Crippen LogP contribution in [0.5, 0.6) is 0 Å². The van der Waals surface area contributed by atoms with Gasteiger partial charge in [-0.15, -0.1) is 0 Å². The highest BCUT2D eigenvalue weighted by Gasteiger charge is 2.17. The summed E-state index contributed by atoms with van der Waals surface area (Å²) < 4.78 is 1.63. The molecule has 4 aromatic rings. The Morgan fingerprint density at radius 1 is 1.19 bits per heavy atom. The molecule has 0 aliphatic rings. The van der Waals surface area contributed by atoms with Crippen molar-refractivity contribution in [2.24, 2.45) is 0 Å². The van der Waals surface area contributed by atoms with E-state index in [2.05, 4.69) is 20.3 Å². The topological polar surface area (TPSA) is 95.7 Å². The molecule has 0 bridgehead atoms. The number of hydrogen-bond donors (Lipinski definition) is 2. The Balaban J connectivity index is 1.87. The normalized spacial score (nSPS) is 11.0. The van der Waals surface area contributed by atoms with Crippen molar-refractivity contribution in [2.45, 2.75) is 0 Å². The molecule has 0 amide bonds. The van der Waals surface area contributed by atoms with Gasteiger partial charge in [0, 0.05) is 37.1 Å². The maximum atomic E-state index is 11.4. The standard InChI is InChI=1S/C18H16N6O2/c1-23(2)12-5-3-11(4-6-12)21-16-13-7-8-19-9-14(13)24-10-20-15(18(25)26)17(24)22-16/h3-10H,1-2H3,(H,21,22)(H,25,26). The van der Waals surface area contributed by atoms with Crippen molar-refractivity contribution in [3.8, 4) is 0 Å². The number of pyridine rings is 1. The Bertz CT molecular complexity index is 1120. The first-order valence-corrected chi connectivity index (χ1v) is 7.93. The van der Waals surface area contributed by atoms with Gasteiger partial charge >= 0.3 is 5.97 Å². The third-order valence-corrected chi connectivity index (χ3v) is 4.12. The zero-order valence-electron chi connectivity index (χ0n) is 14.2. The summed E-state index contributed by atoms with van der Waals surface area (Å²) in [7, 11) is 3.96. The molecule has 3 heterocycles. The van der Waals surface area contributed by atoms with E-state index in [0.29, 0.717) is 5.82 Å². The number of carboxylic acids is 1. The lowest BCUT2D eigenvalue weighted by Gasteiger charge is -2.14. The summed E-state index contributed by atoms with van der Waals surface area (Å²) in [4.78, 5) is 26.1. The van der Waals surface area contributed by atoms with E-state index in [0.717, 1.165) is 22.3 Å². The van der Waals surface area contributed by atoms with E-state index in [1.165, 1.54) is 6.33 Å². The van der Waals surface area contributed by atoms with Crippen LogP contribution in [0, 0.1) is 0 Å². The van der Waals surface area contributed by atoms with E-state index in [4.69, 9.17) is 0 Å². The fourth-order valence-corrected chi connectivity index (χ4v) is 2.80. The molecule has 4 rings (SSSR count). The minimum atomic E-state index is -1.12. The summed E-state index contributed by atoms with van der Waals surface area (Å²) in [6.07, 6.45) is 4.79. The van der Waals surface area contributed by atoms with E-state index >= 15 is 0 Å². The van der Waals surface area contributed by atoms with Gasteiger partial charge in [-0.1, -0.05) is 0 Å². The molecule has 0 fully saturated rings. The van der Waals surface area contributed by atoms with Crippen LogP contribution in [-0.2, 0) is 0 Å². The minimum absolute atomic E-state index is 0.0956. The summed E-state index contributed by atoms with van der Waals surface area (Å²) in [5.74, 6) is -0.569. The lowest BCUT2D eigenvalue weighted by molar-refractivity contribution is 0.0693. The largest absolute Gasteiger partial charge is 0.476 e. The second-order valence-corrected chi connectivity index (χ2v) is 6.01. The molecule has 8 heteroatoms. The Labute approximate surface area is 148 Å². The zero-order valence-corrected chi connectivity index (χ0v) is 14.2. The van der Waals surface area contributed by atoms with Gasteiger partial charge in [0.1, 0.15) is 12.1 Å². The molecule has 0 atom stereocenters. The first-order chi connectivity index (χ1) is 12.5. The molecule has 8 nitrogen and oxygen atoms in total. The number of carbonyl (C=O) groups is 1. The zero-order chi connectivity index (χ0) is 18.3. The molecule has 0 unspecified atom stereocenters. The first kappa shape index (κ1) is 15.8. The van der Waals surface area contributed by atoms with Gasteiger partial charge in [0.15, 0.2) is 11.3 Å². The van der Waals surface area contributed by atoms with Crippen molar-refractivity contribution < 1.29 is 9.90 Å². The number of benzene rings is 1. The Hall–Kier alpha value is -3.68. The van der Waals surface area contributed by atoms with Crippen LogP contribution in [0.3, 0.4) is 0 Å². The second kappa shape index (κ2) is 5.99. The molecule has 0 saturated carbocycles. The maximum Gasteiger partial charge on any atom is 0.358 e. The van der Waals surface area contributed by atoms with Crippen LogP contribution < -0.4 is 10.2 Å². The predicted octanol–water partition coefficient (Wildman–Crippen LogP) is 2.79. The average Bonchev–Trinajstić information content (AvgIpc) is 3.06. The van der Waals surface area contributed by atoms with Crippen molar-refractivity contribution in [2.75, 3.05) is 24.3 Å². The fourth-order valence-electron chi connectivity index (χ4n) is 2.80. The van der Waals surface area contributed by atoms with Crippen molar-refractivity contribution in [1.29, 1.82) is 0 Å². The summed E-state index contributed by atoms with van der Waals surface area (Å²) in [5, 5.41) is 13.4. The molecular weight excluding hydrogens is 332 g/mol. The van der Waals surface area contributed by atoms with Crippen LogP contribution in [0.1, 0.15) is 10.5 Å². The van der Waals surface area contributed by atoms with Gasteiger partial charge < -0.3 is 15.3 Å². The number of imidazole rings is 1. The SMILES string of the molecule is CN(C)c1ccc(Nc2nc3c(C(=O)O)ncn3c3cnccc23)cc1. The van der Waals surface area contributed by atoms with Crippen LogP contribution in [-0.4, -0.2) is 44.5 Å². The molecule has 130 valence electrons. The Morgan fingerprint density at radius 3 is 2.65 bits per heavy atom. The van der Waals surface area contributed by atoms with Crippen molar-refractivity contribution in [1.82, 2.24) is 19.4 Å². The molecule has 3 aromatic heterocycles. The van der Waals surface area contributed by atoms with Crippen molar-refractivity contribution in [3.63, 3.8) is 0 Å². The van der Waals surface area contributed by atoms with Gasteiger partial charge in [0.25, 0.3) is 0 Å². The van der Waals surface area contributed by atoms with E-state index in [1.807, 2.05) is 49.3 Å². The van der Waals surface area contributed by atoms with E-state index in [9.17, 15) is 9.90 Å². The van der Waals surface area contributed by atoms with Gasteiger partial charge in [0.05, 0.1) is 11.7 Å². The highest BCUT2D eigenvalue weighted by molar-refractivity contribution is 5.97.